The molecule has 34 heavy (non-hydrogen) atoms. The van der Waals surface area contributed by atoms with Gasteiger partial charge in [0.1, 0.15) is 17.6 Å². The van der Waals surface area contributed by atoms with Crippen LogP contribution in [-0.4, -0.2) is 44.4 Å². The van der Waals surface area contributed by atoms with Crippen molar-refractivity contribution in [3.05, 3.63) is 71.8 Å². The predicted octanol–water partition coefficient (Wildman–Crippen LogP) is 6.98. The van der Waals surface area contributed by atoms with Crippen molar-refractivity contribution in [2.75, 3.05) is 39.5 Å². The summed E-state index contributed by atoms with van der Waals surface area (Å²) in [6.07, 6.45) is 3.13. The van der Waals surface area contributed by atoms with Crippen LogP contribution in [0.3, 0.4) is 0 Å². The van der Waals surface area contributed by atoms with Gasteiger partial charge in [0.2, 0.25) is 0 Å². The van der Waals surface area contributed by atoms with Crippen molar-refractivity contribution in [3.8, 4) is 11.5 Å². The maximum atomic E-state index is 6.65. The van der Waals surface area contributed by atoms with Gasteiger partial charge in [0.05, 0.1) is 19.8 Å². The van der Waals surface area contributed by atoms with E-state index >= 15 is 0 Å². The third-order valence-corrected chi connectivity index (χ3v) is 6.68. The Bertz CT molecular complexity index is 1040. The number of unbranched alkanes of at least 4 members (excludes halogenated alkanes) is 1. The molecule has 0 bridgehead atoms. The number of hydrogen-bond donors (Lipinski definition) is 0. The lowest BCUT2D eigenvalue weighted by Crippen LogP contribution is -2.36. The first-order chi connectivity index (χ1) is 16.7. The second-order valence-corrected chi connectivity index (χ2v) is 9.42. The topological polar surface area (TPSA) is 30.9 Å². The lowest BCUT2D eigenvalue weighted by atomic mass is 9.93. The van der Waals surface area contributed by atoms with Crippen LogP contribution >= 0.6 is 0 Å². The normalized spacial score (nSPS) is 15.5. The minimum Gasteiger partial charge on any atom is -0.493 e. The van der Waals surface area contributed by atoms with Gasteiger partial charge in [-0.15, -0.1) is 0 Å². The van der Waals surface area contributed by atoms with Crippen LogP contribution in [0.15, 0.2) is 60.7 Å². The van der Waals surface area contributed by atoms with Crippen molar-refractivity contribution in [1.29, 1.82) is 0 Å². The zero-order valence-corrected chi connectivity index (χ0v) is 21.0. The molecule has 1 atom stereocenters. The van der Waals surface area contributed by atoms with Gasteiger partial charge in [-0.25, -0.2) is 0 Å². The third-order valence-electron chi connectivity index (χ3n) is 6.68. The average Bonchev–Trinajstić information content (AvgIpc) is 2.88. The minimum atomic E-state index is 0.0222. The molecule has 1 aliphatic heterocycles. The average molecular weight is 462 g/mol. The van der Waals surface area contributed by atoms with E-state index in [4.69, 9.17) is 14.2 Å². The molecule has 0 aromatic heterocycles. The first-order valence-corrected chi connectivity index (χ1v) is 12.9. The zero-order valence-electron chi connectivity index (χ0n) is 21.0. The van der Waals surface area contributed by atoms with Crippen LogP contribution in [0, 0.1) is 0 Å². The maximum absolute atomic E-state index is 6.65. The summed E-state index contributed by atoms with van der Waals surface area (Å²) < 4.78 is 18.3. The standard InChI is InChI=1S/C30H39NO3/c1-4-28(25-12-6-5-11-24(25)23(2)3)34-30-16-10-13-26-27(30)14-9-15-29(26)33-20-8-7-17-31-18-21-32-22-19-31/h5-6,9-16,23,28H,4,7-8,17-22H2,1-3H3. The number of morpholine rings is 1. The largest absolute Gasteiger partial charge is 0.493 e. The summed E-state index contributed by atoms with van der Waals surface area (Å²) in [6.45, 7) is 12.4. The maximum Gasteiger partial charge on any atom is 0.128 e. The fourth-order valence-electron chi connectivity index (χ4n) is 4.78. The first kappa shape index (κ1) is 24.6. The van der Waals surface area contributed by atoms with Crippen molar-refractivity contribution in [2.45, 2.75) is 52.1 Å². The van der Waals surface area contributed by atoms with Crippen molar-refractivity contribution >= 4 is 10.8 Å². The van der Waals surface area contributed by atoms with Crippen molar-refractivity contribution in [2.24, 2.45) is 0 Å². The molecule has 0 N–H and O–H groups in total. The van der Waals surface area contributed by atoms with E-state index in [9.17, 15) is 0 Å². The molecule has 1 fully saturated rings. The number of nitrogens with zero attached hydrogens (tertiary/aromatic N) is 1. The Labute approximate surface area is 204 Å². The van der Waals surface area contributed by atoms with Crippen LogP contribution in [0.1, 0.15) is 63.2 Å². The van der Waals surface area contributed by atoms with Crippen LogP contribution in [-0.2, 0) is 4.74 Å². The molecule has 182 valence electrons. The first-order valence-electron chi connectivity index (χ1n) is 12.9. The summed E-state index contributed by atoms with van der Waals surface area (Å²) in [7, 11) is 0. The van der Waals surface area contributed by atoms with Crippen molar-refractivity contribution in [1.82, 2.24) is 4.90 Å². The monoisotopic (exact) mass is 461 g/mol. The Balaban J connectivity index is 1.44. The van der Waals surface area contributed by atoms with Crippen LogP contribution < -0.4 is 9.47 Å². The van der Waals surface area contributed by atoms with E-state index in [0.29, 0.717) is 5.92 Å². The van der Waals surface area contributed by atoms with E-state index < -0.39 is 0 Å². The van der Waals surface area contributed by atoms with E-state index in [0.717, 1.165) is 81.0 Å². The number of fused-ring (bicyclic) bond motifs is 1. The quantitative estimate of drug-likeness (QED) is 0.288. The summed E-state index contributed by atoms with van der Waals surface area (Å²) in [5.41, 5.74) is 2.64. The highest BCUT2D eigenvalue weighted by Gasteiger charge is 2.18. The van der Waals surface area contributed by atoms with Crippen LogP contribution in [0.5, 0.6) is 11.5 Å². The van der Waals surface area contributed by atoms with Crippen LogP contribution in [0.4, 0.5) is 0 Å². The molecular formula is C30H39NO3. The van der Waals surface area contributed by atoms with Gasteiger partial charge in [-0.3, -0.25) is 4.90 Å². The van der Waals surface area contributed by atoms with Crippen LogP contribution in [0.25, 0.3) is 10.8 Å². The number of rotatable bonds is 11. The van der Waals surface area contributed by atoms with Crippen molar-refractivity contribution < 1.29 is 14.2 Å². The minimum absolute atomic E-state index is 0.0222. The van der Waals surface area contributed by atoms with E-state index in [2.05, 4.69) is 86.3 Å². The Morgan fingerprint density at radius 2 is 1.50 bits per heavy atom. The zero-order chi connectivity index (χ0) is 23.8. The molecule has 0 saturated carbocycles. The van der Waals surface area contributed by atoms with Gasteiger partial charge in [-0.2, -0.15) is 0 Å². The summed E-state index contributed by atoms with van der Waals surface area (Å²) in [5, 5.41) is 2.22. The molecule has 0 radical (unpaired) electrons. The lowest BCUT2D eigenvalue weighted by molar-refractivity contribution is 0.0368. The highest BCUT2D eigenvalue weighted by atomic mass is 16.5. The van der Waals surface area contributed by atoms with Crippen molar-refractivity contribution in [3.63, 3.8) is 0 Å². The second kappa shape index (κ2) is 12.2. The van der Waals surface area contributed by atoms with Gasteiger partial charge in [0.25, 0.3) is 0 Å². The van der Waals surface area contributed by atoms with E-state index in [1.54, 1.807) is 0 Å². The van der Waals surface area contributed by atoms with Crippen LogP contribution in [0.2, 0.25) is 0 Å². The van der Waals surface area contributed by atoms with Gasteiger partial charge < -0.3 is 14.2 Å². The molecule has 4 heteroatoms. The smallest absolute Gasteiger partial charge is 0.128 e. The molecule has 4 rings (SSSR count). The van der Waals surface area contributed by atoms with Gasteiger partial charge in [0.15, 0.2) is 0 Å². The summed E-state index contributed by atoms with van der Waals surface area (Å²) >= 11 is 0. The van der Waals surface area contributed by atoms with Gasteiger partial charge in [-0.05, 0) is 55.0 Å². The third kappa shape index (κ3) is 6.11. The highest BCUT2D eigenvalue weighted by molar-refractivity contribution is 5.93. The molecule has 1 unspecified atom stereocenters. The highest BCUT2D eigenvalue weighted by Crippen LogP contribution is 2.36. The molecule has 1 aliphatic rings. The summed E-state index contributed by atoms with van der Waals surface area (Å²) in [4.78, 5) is 2.48. The molecular weight excluding hydrogens is 422 g/mol. The Morgan fingerprint density at radius 3 is 2.21 bits per heavy atom. The van der Waals surface area contributed by atoms with Gasteiger partial charge in [-0.1, -0.05) is 69.3 Å². The number of benzene rings is 3. The molecule has 3 aromatic carbocycles. The molecule has 4 nitrogen and oxygen atoms in total. The Kier molecular flexibility index (Phi) is 8.84. The van der Waals surface area contributed by atoms with E-state index in [-0.39, 0.29) is 6.10 Å². The Hall–Kier alpha value is -2.56. The fourth-order valence-corrected chi connectivity index (χ4v) is 4.78. The molecule has 0 aliphatic carbocycles. The predicted molar refractivity (Wildman–Crippen MR) is 140 cm³/mol. The van der Waals surface area contributed by atoms with E-state index in [1.165, 1.54) is 11.1 Å². The SMILES string of the molecule is CCC(Oc1cccc2c(OCCCCN3CCOCC3)cccc12)c1ccccc1C(C)C. The lowest BCUT2D eigenvalue weighted by Gasteiger charge is -2.26. The summed E-state index contributed by atoms with van der Waals surface area (Å²) in [5.74, 6) is 2.32. The fraction of sp³-hybridized carbons (Fsp3) is 0.467. The molecule has 3 aromatic rings. The molecule has 1 saturated heterocycles. The molecule has 0 amide bonds. The number of ether oxygens (including phenoxy) is 3. The second-order valence-electron chi connectivity index (χ2n) is 9.42. The van der Waals surface area contributed by atoms with E-state index in [1.807, 2.05) is 0 Å². The molecule has 1 heterocycles. The van der Waals surface area contributed by atoms with Gasteiger partial charge >= 0.3 is 0 Å². The number of hydrogen-bond acceptors (Lipinski definition) is 4. The summed E-state index contributed by atoms with van der Waals surface area (Å²) in [6, 6.07) is 21.2. The van der Waals surface area contributed by atoms with Gasteiger partial charge in [0, 0.05) is 23.9 Å². The molecule has 0 spiro atoms. The Morgan fingerprint density at radius 1 is 0.824 bits per heavy atom.